The van der Waals surface area contributed by atoms with Crippen LogP contribution in [0.15, 0.2) is 11.6 Å². The van der Waals surface area contributed by atoms with E-state index in [1.54, 1.807) is 4.90 Å². The number of aromatic nitrogens is 2. The maximum absolute atomic E-state index is 13.9. The molecule has 4 atom stereocenters. The molecule has 4 fully saturated rings. The fourth-order valence-electron chi connectivity index (χ4n) is 7.20. The predicted octanol–water partition coefficient (Wildman–Crippen LogP) is 4.61. The number of ketones is 2. The summed E-state index contributed by atoms with van der Waals surface area (Å²) in [5.74, 6) is 0.510. The first-order valence-corrected chi connectivity index (χ1v) is 15.7. The Labute approximate surface area is 249 Å². The number of carbonyl (C=O) groups excluding carboxylic acids is 3. The SMILES string of the molecule is C[C@H](Oc1cc([C@@H]2CCN(C(=O)OC(C)(C)C)C2)nc(C(N)=C2CCC[C@@]3(CCCCC3=O)C2=O)n1)[C@@H]1CCCN1C. The molecule has 2 aliphatic carbocycles. The molecule has 0 radical (unpaired) electrons. The lowest BCUT2D eigenvalue weighted by molar-refractivity contribution is -0.143. The molecule has 1 aromatic heterocycles. The minimum atomic E-state index is -0.950. The van der Waals surface area contributed by atoms with Gasteiger partial charge in [0.2, 0.25) is 5.88 Å². The first-order valence-electron chi connectivity index (χ1n) is 15.7. The molecule has 10 nitrogen and oxygen atoms in total. The van der Waals surface area contributed by atoms with E-state index >= 15 is 0 Å². The Morgan fingerprint density at radius 2 is 1.83 bits per heavy atom. The van der Waals surface area contributed by atoms with Crippen LogP contribution in [0, 0.1) is 5.41 Å². The van der Waals surface area contributed by atoms with Crippen LogP contribution in [-0.4, -0.2) is 81.9 Å². The van der Waals surface area contributed by atoms with Gasteiger partial charge in [-0.25, -0.2) is 9.78 Å². The number of hydrogen-bond donors (Lipinski definition) is 1. The fraction of sp³-hybridized carbons (Fsp3) is 0.719. The number of nitrogens with two attached hydrogens (primary N) is 1. The van der Waals surface area contributed by atoms with Crippen LogP contribution in [0.1, 0.15) is 109 Å². The largest absolute Gasteiger partial charge is 0.473 e. The number of rotatable bonds is 5. The number of Topliss-reactive ketones (excluding diaryl/α,β-unsaturated/α-hetero) is 2. The highest BCUT2D eigenvalue weighted by Crippen LogP contribution is 2.45. The molecule has 2 saturated heterocycles. The van der Waals surface area contributed by atoms with Gasteiger partial charge >= 0.3 is 6.09 Å². The van der Waals surface area contributed by atoms with Gasteiger partial charge in [-0.3, -0.25) is 14.5 Å². The van der Waals surface area contributed by atoms with E-state index in [2.05, 4.69) is 18.9 Å². The number of ether oxygens (including phenoxy) is 2. The van der Waals surface area contributed by atoms with Gasteiger partial charge in [0.1, 0.15) is 17.5 Å². The predicted molar refractivity (Wildman–Crippen MR) is 159 cm³/mol. The number of likely N-dealkylation sites (tertiary alicyclic amines) is 2. The minimum absolute atomic E-state index is 0.0464. The fourth-order valence-corrected chi connectivity index (χ4v) is 7.20. The standard InChI is InChI=1S/C32H47N5O5/c1-20(24-11-9-16-36(24)5)41-26-18-23(21-13-17-37(19-21)30(40)42-31(2,3)4)34-29(35-26)27(33)22-10-8-15-32(28(22)39)14-7-6-12-25(32)38/h18,20-21,24H,6-17,19,33H2,1-5H3/t20-,21+,24-,32+/m0/s1. The molecule has 230 valence electrons. The zero-order chi connectivity index (χ0) is 30.2. The van der Waals surface area contributed by atoms with Crippen molar-refractivity contribution in [2.45, 2.75) is 116 Å². The van der Waals surface area contributed by atoms with Gasteiger partial charge < -0.3 is 20.1 Å². The van der Waals surface area contributed by atoms with E-state index in [9.17, 15) is 14.4 Å². The van der Waals surface area contributed by atoms with Crippen LogP contribution in [0.25, 0.3) is 5.70 Å². The summed E-state index contributed by atoms with van der Waals surface area (Å²) in [6.07, 6.45) is 7.01. The zero-order valence-corrected chi connectivity index (χ0v) is 25.9. The topological polar surface area (TPSA) is 128 Å². The quantitative estimate of drug-likeness (QED) is 0.391. The second kappa shape index (κ2) is 11.9. The third kappa shape index (κ3) is 6.19. The van der Waals surface area contributed by atoms with E-state index in [-0.39, 0.29) is 47.2 Å². The van der Waals surface area contributed by atoms with Crippen LogP contribution >= 0.6 is 0 Å². The molecule has 4 aliphatic rings. The first kappa shape index (κ1) is 30.4. The van der Waals surface area contributed by atoms with Gasteiger partial charge in [0.05, 0.1) is 16.8 Å². The van der Waals surface area contributed by atoms with Crippen LogP contribution in [0.2, 0.25) is 0 Å². The number of allylic oxidation sites excluding steroid dienone is 1. The third-order valence-corrected chi connectivity index (χ3v) is 9.50. The van der Waals surface area contributed by atoms with Crippen molar-refractivity contribution in [3.05, 3.63) is 23.2 Å². The summed E-state index contributed by atoms with van der Waals surface area (Å²) < 4.78 is 12.0. The molecule has 42 heavy (non-hydrogen) atoms. The average Bonchev–Trinajstić information content (AvgIpc) is 3.60. The molecule has 0 bridgehead atoms. The van der Waals surface area contributed by atoms with Crippen LogP contribution in [-0.2, 0) is 14.3 Å². The highest BCUT2D eigenvalue weighted by Gasteiger charge is 2.49. The number of likely N-dealkylation sites (N-methyl/N-ethyl adjacent to an activating group) is 1. The summed E-state index contributed by atoms with van der Waals surface area (Å²) in [7, 11) is 2.11. The second-order valence-corrected chi connectivity index (χ2v) is 13.7. The molecular formula is C32H47N5O5. The number of nitrogens with zero attached hydrogens (tertiary/aromatic N) is 4. The highest BCUT2D eigenvalue weighted by atomic mass is 16.6. The van der Waals surface area contributed by atoms with Gasteiger partial charge in [-0.05, 0) is 92.7 Å². The Balaban J connectivity index is 1.47. The van der Waals surface area contributed by atoms with Gasteiger partial charge in [-0.1, -0.05) is 6.42 Å². The Morgan fingerprint density at radius 1 is 1.07 bits per heavy atom. The van der Waals surface area contributed by atoms with Crippen LogP contribution in [0.5, 0.6) is 5.88 Å². The van der Waals surface area contributed by atoms with Gasteiger partial charge in [-0.15, -0.1) is 0 Å². The third-order valence-electron chi connectivity index (χ3n) is 9.50. The lowest BCUT2D eigenvalue weighted by atomic mass is 9.62. The molecular weight excluding hydrogens is 534 g/mol. The number of hydrogen-bond acceptors (Lipinski definition) is 9. The van der Waals surface area contributed by atoms with E-state index in [1.807, 2.05) is 26.8 Å². The first-order chi connectivity index (χ1) is 19.9. The molecule has 10 heteroatoms. The summed E-state index contributed by atoms with van der Waals surface area (Å²) in [4.78, 5) is 53.3. The molecule has 0 unspecified atom stereocenters. The molecule has 2 N–H and O–H groups in total. The zero-order valence-electron chi connectivity index (χ0n) is 25.9. The van der Waals surface area contributed by atoms with E-state index in [0.717, 1.165) is 44.3 Å². The van der Waals surface area contributed by atoms with Crippen LogP contribution in [0.4, 0.5) is 4.79 Å². The molecule has 5 rings (SSSR count). The molecule has 1 aromatic rings. The van der Waals surface area contributed by atoms with E-state index in [0.29, 0.717) is 56.6 Å². The summed E-state index contributed by atoms with van der Waals surface area (Å²) in [5.41, 5.74) is 6.62. The van der Waals surface area contributed by atoms with Crippen molar-refractivity contribution in [1.82, 2.24) is 19.8 Å². The molecule has 2 saturated carbocycles. The van der Waals surface area contributed by atoms with E-state index in [1.165, 1.54) is 0 Å². The lowest BCUT2D eigenvalue weighted by Gasteiger charge is -2.38. The molecule has 1 amide bonds. The Morgan fingerprint density at radius 3 is 2.52 bits per heavy atom. The summed E-state index contributed by atoms with van der Waals surface area (Å²) in [6, 6.07) is 2.12. The summed E-state index contributed by atoms with van der Waals surface area (Å²) in [5, 5.41) is 0. The second-order valence-electron chi connectivity index (χ2n) is 13.7. The number of carbonyl (C=O) groups is 3. The maximum Gasteiger partial charge on any atom is 0.410 e. The van der Waals surface area contributed by atoms with Crippen molar-refractivity contribution < 1.29 is 23.9 Å². The van der Waals surface area contributed by atoms with Gasteiger partial charge in [0.25, 0.3) is 0 Å². The highest BCUT2D eigenvalue weighted by molar-refractivity contribution is 6.17. The molecule has 0 aromatic carbocycles. The van der Waals surface area contributed by atoms with Crippen molar-refractivity contribution in [1.29, 1.82) is 0 Å². The Kier molecular flexibility index (Phi) is 8.65. The number of amides is 1. The molecule has 3 heterocycles. The Hall–Kier alpha value is -3.01. The van der Waals surface area contributed by atoms with Crippen LogP contribution < -0.4 is 10.5 Å². The summed E-state index contributed by atoms with van der Waals surface area (Å²) >= 11 is 0. The smallest absolute Gasteiger partial charge is 0.410 e. The van der Waals surface area contributed by atoms with Crippen molar-refractivity contribution in [3.63, 3.8) is 0 Å². The maximum atomic E-state index is 13.9. The van der Waals surface area contributed by atoms with E-state index < -0.39 is 11.0 Å². The Bertz CT molecular complexity index is 1250. The van der Waals surface area contributed by atoms with Crippen molar-refractivity contribution in [2.24, 2.45) is 11.1 Å². The monoisotopic (exact) mass is 581 g/mol. The van der Waals surface area contributed by atoms with Gasteiger partial charge in [-0.2, -0.15) is 4.98 Å². The molecule has 2 aliphatic heterocycles. The summed E-state index contributed by atoms with van der Waals surface area (Å²) in [6.45, 7) is 9.67. The van der Waals surface area contributed by atoms with E-state index in [4.69, 9.17) is 25.2 Å². The molecule has 1 spiro atoms. The van der Waals surface area contributed by atoms with Crippen molar-refractivity contribution >= 4 is 23.4 Å². The van der Waals surface area contributed by atoms with Crippen LogP contribution in [0.3, 0.4) is 0 Å². The average molecular weight is 582 g/mol. The minimum Gasteiger partial charge on any atom is -0.473 e. The van der Waals surface area contributed by atoms with Gasteiger partial charge in [0, 0.05) is 43.1 Å². The van der Waals surface area contributed by atoms with Crippen molar-refractivity contribution in [2.75, 3.05) is 26.7 Å². The lowest BCUT2D eigenvalue weighted by Crippen LogP contribution is -2.45. The normalized spacial score (nSPS) is 29.2. The van der Waals surface area contributed by atoms with Crippen molar-refractivity contribution in [3.8, 4) is 5.88 Å². The van der Waals surface area contributed by atoms with Gasteiger partial charge in [0.15, 0.2) is 11.6 Å².